The fourth-order valence-corrected chi connectivity index (χ4v) is 3.05. The van der Waals surface area contributed by atoms with E-state index < -0.39 is 0 Å². The molecule has 2 N–H and O–H groups in total. The highest BCUT2D eigenvalue weighted by Crippen LogP contribution is 2.30. The zero-order valence-electron chi connectivity index (χ0n) is 12.6. The molecule has 114 valence electrons. The molecule has 0 aromatic heterocycles. The fraction of sp³-hybridized carbons (Fsp3) is 0.235. The van der Waals surface area contributed by atoms with Gasteiger partial charge in [-0.2, -0.15) is 0 Å². The Morgan fingerprint density at radius 2 is 1.77 bits per heavy atom. The summed E-state index contributed by atoms with van der Waals surface area (Å²) in [6.45, 7) is 2.14. The quantitative estimate of drug-likeness (QED) is 0.847. The number of methoxy groups -OCH3 is 1. The average Bonchev–Trinajstić information content (AvgIpc) is 2.83. The Balaban J connectivity index is 1.84. The van der Waals surface area contributed by atoms with Crippen LogP contribution in [0, 0.1) is 0 Å². The minimum absolute atomic E-state index is 0.149. The molecule has 3 rings (SSSR count). The van der Waals surface area contributed by atoms with Crippen molar-refractivity contribution in [1.82, 2.24) is 10.3 Å². The van der Waals surface area contributed by atoms with Gasteiger partial charge in [0.2, 0.25) is 0 Å². The molecular formula is C17H19N3OS. The van der Waals surface area contributed by atoms with Crippen molar-refractivity contribution in [1.29, 1.82) is 0 Å². The van der Waals surface area contributed by atoms with Crippen LogP contribution in [0.1, 0.15) is 18.5 Å². The lowest BCUT2D eigenvalue weighted by molar-refractivity contribution is 0.375. The SMILES string of the molecule is COc1ccc(NN2C(=S)NC(C)C2c2ccccc2)cc1. The number of hydrogen-bond acceptors (Lipinski definition) is 3. The smallest absolute Gasteiger partial charge is 0.188 e. The summed E-state index contributed by atoms with van der Waals surface area (Å²) < 4.78 is 5.19. The third-order valence-corrected chi connectivity index (χ3v) is 4.12. The van der Waals surface area contributed by atoms with Gasteiger partial charge in [0.1, 0.15) is 5.75 Å². The summed E-state index contributed by atoms with van der Waals surface area (Å²) in [5, 5.41) is 6.05. The minimum Gasteiger partial charge on any atom is -0.497 e. The summed E-state index contributed by atoms with van der Waals surface area (Å²) in [6.07, 6.45) is 0. The van der Waals surface area contributed by atoms with Crippen LogP contribution < -0.4 is 15.5 Å². The number of nitrogens with zero attached hydrogens (tertiary/aromatic N) is 1. The van der Waals surface area contributed by atoms with Crippen LogP contribution in [0.2, 0.25) is 0 Å². The number of hydrogen-bond donors (Lipinski definition) is 2. The Labute approximate surface area is 136 Å². The first-order valence-electron chi connectivity index (χ1n) is 7.24. The molecule has 2 aromatic rings. The standard InChI is InChI=1S/C17H19N3OS/c1-12-16(13-6-4-3-5-7-13)20(17(22)18-12)19-14-8-10-15(21-2)11-9-14/h3-12,16,19H,1-2H3,(H,18,22). The Morgan fingerprint density at radius 1 is 1.09 bits per heavy atom. The maximum Gasteiger partial charge on any atom is 0.188 e. The number of benzene rings is 2. The molecule has 2 aromatic carbocycles. The van der Waals surface area contributed by atoms with E-state index in [0.717, 1.165) is 11.4 Å². The normalized spacial score (nSPS) is 20.6. The van der Waals surface area contributed by atoms with Gasteiger partial charge in [0, 0.05) is 0 Å². The largest absolute Gasteiger partial charge is 0.497 e. The number of hydrazine groups is 1. The van der Waals surface area contributed by atoms with Gasteiger partial charge < -0.3 is 10.1 Å². The molecule has 0 spiro atoms. The lowest BCUT2D eigenvalue weighted by atomic mass is 10.0. The number of rotatable bonds is 4. The molecule has 4 nitrogen and oxygen atoms in total. The molecular weight excluding hydrogens is 294 g/mol. The van der Waals surface area contributed by atoms with Crippen LogP contribution in [0.3, 0.4) is 0 Å². The van der Waals surface area contributed by atoms with Crippen molar-refractivity contribution in [2.75, 3.05) is 12.5 Å². The van der Waals surface area contributed by atoms with Crippen molar-refractivity contribution in [3.63, 3.8) is 0 Å². The predicted molar refractivity (Wildman–Crippen MR) is 92.8 cm³/mol. The van der Waals surface area contributed by atoms with E-state index in [-0.39, 0.29) is 12.1 Å². The third kappa shape index (κ3) is 2.85. The molecule has 2 unspecified atom stereocenters. The maximum atomic E-state index is 5.47. The molecule has 2 atom stereocenters. The first-order chi connectivity index (χ1) is 10.7. The first-order valence-corrected chi connectivity index (χ1v) is 7.65. The Morgan fingerprint density at radius 3 is 2.41 bits per heavy atom. The van der Waals surface area contributed by atoms with E-state index in [1.165, 1.54) is 5.56 Å². The molecule has 1 fully saturated rings. The van der Waals surface area contributed by atoms with Gasteiger partial charge in [-0.1, -0.05) is 30.3 Å². The summed E-state index contributed by atoms with van der Waals surface area (Å²) in [7, 11) is 1.66. The molecule has 22 heavy (non-hydrogen) atoms. The summed E-state index contributed by atoms with van der Waals surface area (Å²) in [5.41, 5.74) is 5.59. The van der Waals surface area contributed by atoms with Crippen LogP contribution in [0.4, 0.5) is 5.69 Å². The lowest BCUT2D eigenvalue weighted by Gasteiger charge is -2.28. The van der Waals surface area contributed by atoms with E-state index in [2.05, 4.69) is 41.9 Å². The van der Waals surface area contributed by atoms with E-state index in [4.69, 9.17) is 17.0 Å². The molecule has 0 saturated carbocycles. The second kappa shape index (κ2) is 6.23. The summed E-state index contributed by atoms with van der Waals surface area (Å²) in [6, 6.07) is 18.6. The number of thiocarbonyl (C=S) groups is 1. The van der Waals surface area contributed by atoms with Gasteiger partial charge >= 0.3 is 0 Å². The molecule has 0 aliphatic carbocycles. The Bertz CT molecular complexity index is 645. The second-order valence-corrected chi connectivity index (χ2v) is 5.69. The number of ether oxygens (including phenoxy) is 1. The molecule has 5 heteroatoms. The van der Waals surface area contributed by atoms with Crippen molar-refractivity contribution in [2.45, 2.75) is 19.0 Å². The van der Waals surface area contributed by atoms with Gasteiger partial charge in [-0.25, -0.2) is 0 Å². The van der Waals surface area contributed by atoms with E-state index in [1.807, 2.05) is 35.3 Å². The van der Waals surface area contributed by atoms with Crippen molar-refractivity contribution >= 4 is 23.0 Å². The predicted octanol–water partition coefficient (Wildman–Crippen LogP) is 3.34. The highest BCUT2D eigenvalue weighted by molar-refractivity contribution is 7.80. The minimum atomic E-state index is 0.149. The van der Waals surface area contributed by atoms with Crippen LogP contribution in [0.25, 0.3) is 0 Å². The van der Waals surface area contributed by atoms with Crippen molar-refractivity contribution in [2.24, 2.45) is 0 Å². The van der Waals surface area contributed by atoms with E-state index in [9.17, 15) is 0 Å². The molecule has 1 aliphatic heterocycles. The average molecular weight is 313 g/mol. The van der Waals surface area contributed by atoms with Crippen LogP contribution in [0.5, 0.6) is 5.75 Å². The molecule has 0 amide bonds. The van der Waals surface area contributed by atoms with Crippen molar-refractivity contribution in [3.05, 3.63) is 60.2 Å². The Kier molecular flexibility index (Phi) is 4.15. The Hall–Kier alpha value is -2.27. The monoisotopic (exact) mass is 313 g/mol. The molecule has 1 saturated heterocycles. The summed E-state index contributed by atoms with van der Waals surface area (Å²) >= 11 is 5.47. The molecule has 1 aliphatic rings. The lowest BCUT2D eigenvalue weighted by Crippen LogP contribution is -2.35. The third-order valence-electron chi connectivity index (χ3n) is 3.80. The number of anilines is 1. The fourth-order valence-electron chi connectivity index (χ4n) is 2.71. The van der Waals surface area contributed by atoms with Gasteiger partial charge in [0.15, 0.2) is 5.11 Å². The van der Waals surface area contributed by atoms with E-state index in [1.54, 1.807) is 7.11 Å². The van der Waals surface area contributed by atoms with Gasteiger partial charge in [0.25, 0.3) is 0 Å². The van der Waals surface area contributed by atoms with Crippen LogP contribution in [-0.4, -0.2) is 23.3 Å². The highest BCUT2D eigenvalue weighted by Gasteiger charge is 2.35. The molecule has 0 radical (unpaired) electrons. The van der Waals surface area contributed by atoms with Crippen molar-refractivity contribution in [3.8, 4) is 5.75 Å². The maximum absolute atomic E-state index is 5.47. The zero-order chi connectivity index (χ0) is 15.5. The first kappa shape index (κ1) is 14.7. The molecule has 1 heterocycles. The van der Waals surface area contributed by atoms with Gasteiger partial charge in [-0.05, 0) is 49.0 Å². The van der Waals surface area contributed by atoms with Crippen molar-refractivity contribution < 1.29 is 4.74 Å². The van der Waals surface area contributed by atoms with Crippen LogP contribution in [0.15, 0.2) is 54.6 Å². The van der Waals surface area contributed by atoms with Crippen LogP contribution in [-0.2, 0) is 0 Å². The van der Waals surface area contributed by atoms with Gasteiger partial charge in [-0.3, -0.25) is 10.4 Å². The second-order valence-electron chi connectivity index (χ2n) is 5.30. The van der Waals surface area contributed by atoms with E-state index >= 15 is 0 Å². The van der Waals surface area contributed by atoms with Gasteiger partial charge in [0.05, 0.1) is 24.9 Å². The van der Waals surface area contributed by atoms with Gasteiger partial charge in [-0.15, -0.1) is 0 Å². The summed E-state index contributed by atoms with van der Waals surface area (Å²) in [4.78, 5) is 0. The molecule has 0 bridgehead atoms. The summed E-state index contributed by atoms with van der Waals surface area (Å²) in [5.74, 6) is 0.834. The van der Waals surface area contributed by atoms with E-state index in [0.29, 0.717) is 5.11 Å². The highest BCUT2D eigenvalue weighted by atomic mass is 32.1. The number of nitrogens with one attached hydrogen (secondary N) is 2. The van der Waals surface area contributed by atoms with Crippen LogP contribution >= 0.6 is 12.2 Å². The zero-order valence-corrected chi connectivity index (χ0v) is 13.4. The topological polar surface area (TPSA) is 36.5 Å².